The van der Waals surface area contributed by atoms with Crippen LogP contribution < -0.4 is 10.6 Å². The maximum Gasteiger partial charge on any atom is 0.292 e. The van der Waals surface area contributed by atoms with Gasteiger partial charge < -0.3 is 15.5 Å². The van der Waals surface area contributed by atoms with Crippen molar-refractivity contribution in [3.05, 3.63) is 35.0 Å². The van der Waals surface area contributed by atoms with Crippen LogP contribution in [0.2, 0.25) is 0 Å². The van der Waals surface area contributed by atoms with E-state index >= 15 is 0 Å². The highest BCUT2D eigenvalue weighted by atomic mass is 16.2. The van der Waals surface area contributed by atoms with E-state index in [1.807, 2.05) is 40.9 Å². The van der Waals surface area contributed by atoms with E-state index in [0.717, 1.165) is 42.1 Å². The Labute approximate surface area is 160 Å². The minimum atomic E-state index is -0.165. The molecule has 1 amide bonds. The minimum absolute atomic E-state index is 0.0200. The molecule has 8 heteroatoms. The van der Waals surface area contributed by atoms with Crippen LogP contribution in [0, 0.1) is 13.8 Å². The molecular formula is C19H29N7O. The molecule has 1 saturated heterocycles. The van der Waals surface area contributed by atoms with Gasteiger partial charge in [0.15, 0.2) is 0 Å². The third kappa shape index (κ3) is 4.10. The summed E-state index contributed by atoms with van der Waals surface area (Å²) in [5.74, 6) is 0.900. The fourth-order valence-electron chi connectivity index (χ4n) is 3.36. The lowest BCUT2D eigenvalue weighted by atomic mass is 10.2. The van der Waals surface area contributed by atoms with Gasteiger partial charge in [-0.3, -0.25) is 9.48 Å². The average Bonchev–Trinajstić information content (AvgIpc) is 3.22. The van der Waals surface area contributed by atoms with Gasteiger partial charge in [0.1, 0.15) is 5.82 Å². The maximum absolute atomic E-state index is 13.2. The van der Waals surface area contributed by atoms with Crippen LogP contribution in [0.25, 0.3) is 0 Å². The summed E-state index contributed by atoms with van der Waals surface area (Å²) in [6.45, 7) is 10.0. The Morgan fingerprint density at radius 1 is 1.37 bits per heavy atom. The fourth-order valence-corrected chi connectivity index (χ4v) is 3.36. The Kier molecular flexibility index (Phi) is 5.46. The molecule has 0 spiro atoms. The first-order valence-electron chi connectivity index (χ1n) is 9.40. The van der Waals surface area contributed by atoms with E-state index in [2.05, 4.69) is 20.0 Å². The van der Waals surface area contributed by atoms with Crippen molar-refractivity contribution < 1.29 is 4.79 Å². The molecule has 1 atom stereocenters. The molecule has 2 N–H and O–H groups in total. The second-order valence-electron chi connectivity index (χ2n) is 7.63. The third-order valence-electron chi connectivity index (χ3n) is 5.07. The molecule has 2 aromatic heterocycles. The summed E-state index contributed by atoms with van der Waals surface area (Å²) >= 11 is 0. The summed E-state index contributed by atoms with van der Waals surface area (Å²) in [6, 6.07) is 0.170. The molecule has 3 rings (SSSR count). The van der Waals surface area contributed by atoms with Crippen LogP contribution in [0.15, 0.2) is 12.4 Å². The second kappa shape index (κ2) is 7.64. The van der Waals surface area contributed by atoms with Gasteiger partial charge in [0.05, 0.1) is 6.20 Å². The summed E-state index contributed by atoms with van der Waals surface area (Å²) in [5.41, 5.74) is 8.87. The van der Waals surface area contributed by atoms with Crippen molar-refractivity contribution in [1.29, 1.82) is 0 Å². The number of aryl methyl sites for hydroxylation is 2. The number of hydrogen-bond acceptors (Lipinski definition) is 6. The quantitative estimate of drug-likeness (QED) is 0.854. The Morgan fingerprint density at radius 3 is 2.67 bits per heavy atom. The predicted octanol–water partition coefficient (Wildman–Crippen LogP) is 1.42. The van der Waals surface area contributed by atoms with Crippen LogP contribution in [-0.4, -0.2) is 55.7 Å². The minimum Gasteiger partial charge on any atom is -0.355 e. The number of nitrogens with two attached hydrogens (primary N) is 1. The van der Waals surface area contributed by atoms with Crippen molar-refractivity contribution in [2.75, 3.05) is 18.0 Å². The molecule has 0 unspecified atom stereocenters. The van der Waals surface area contributed by atoms with Crippen LogP contribution >= 0.6 is 0 Å². The van der Waals surface area contributed by atoms with Gasteiger partial charge in [-0.2, -0.15) is 5.10 Å². The summed E-state index contributed by atoms with van der Waals surface area (Å²) in [7, 11) is 1.87. The molecule has 0 saturated carbocycles. The number of amides is 1. The van der Waals surface area contributed by atoms with Gasteiger partial charge in [-0.05, 0) is 34.1 Å². The van der Waals surface area contributed by atoms with Crippen molar-refractivity contribution in [1.82, 2.24) is 24.6 Å². The lowest BCUT2D eigenvalue weighted by Crippen LogP contribution is -2.38. The summed E-state index contributed by atoms with van der Waals surface area (Å²) in [5, 5.41) is 4.19. The fraction of sp³-hybridized carbons (Fsp3) is 0.579. The molecule has 27 heavy (non-hydrogen) atoms. The molecular weight excluding hydrogens is 342 g/mol. The zero-order valence-corrected chi connectivity index (χ0v) is 16.8. The molecule has 0 bridgehead atoms. The SMILES string of the molecule is Cc1nc(C(=O)N(Cc2cnn(C)c2)C(C)C)nc(N2CC[C@@H](N)C2)c1C. The van der Waals surface area contributed by atoms with E-state index < -0.39 is 0 Å². The zero-order valence-electron chi connectivity index (χ0n) is 16.8. The first kappa shape index (κ1) is 19.3. The molecule has 2 aromatic rings. The summed E-state index contributed by atoms with van der Waals surface area (Å²) in [4.78, 5) is 26.3. The van der Waals surface area contributed by atoms with E-state index in [0.29, 0.717) is 6.54 Å². The van der Waals surface area contributed by atoms with Gasteiger partial charge in [0.25, 0.3) is 5.91 Å². The van der Waals surface area contributed by atoms with Crippen molar-refractivity contribution in [3.8, 4) is 0 Å². The smallest absolute Gasteiger partial charge is 0.292 e. The summed E-state index contributed by atoms with van der Waals surface area (Å²) in [6.07, 6.45) is 4.63. The molecule has 0 aromatic carbocycles. The van der Waals surface area contributed by atoms with E-state index in [1.165, 1.54) is 0 Å². The lowest BCUT2D eigenvalue weighted by Gasteiger charge is -2.27. The largest absolute Gasteiger partial charge is 0.355 e. The highest BCUT2D eigenvalue weighted by Gasteiger charge is 2.27. The molecule has 0 aliphatic carbocycles. The molecule has 1 fully saturated rings. The standard InChI is InChI=1S/C19H29N7O/c1-12(2)26(10-15-8-21-24(5)9-15)19(27)17-22-14(4)13(3)18(23-17)25-7-6-16(20)11-25/h8-9,12,16H,6-7,10-11,20H2,1-5H3/t16-/m1/s1. The lowest BCUT2D eigenvalue weighted by molar-refractivity contribution is 0.0677. The Balaban J connectivity index is 1.90. The first-order valence-corrected chi connectivity index (χ1v) is 9.40. The van der Waals surface area contributed by atoms with Gasteiger partial charge in [0, 0.05) is 61.8 Å². The van der Waals surface area contributed by atoms with Gasteiger partial charge >= 0.3 is 0 Å². The number of carbonyl (C=O) groups excluding carboxylic acids is 1. The molecule has 8 nitrogen and oxygen atoms in total. The van der Waals surface area contributed by atoms with Crippen LogP contribution in [0.4, 0.5) is 5.82 Å². The zero-order chi connectivity index (χ0) is 19.7. The molecule has 1 aliphatic rings. The van der Waals surface area contributed by atoms with Gasteiger partial charge in [-0.25, -0.2) is 9.97 Å². The predicted molar refractivity (Wildman–Crippen MR) is 105 cm³/mol. The highest BCUT2D eigenvalue weighted by Crippen LogP contribution is 2.24. The van der Waals surface area contributed by atoms with Crippen molar-refractivity contribution >= 4 is 11.7 Å². The monoisotopic (exact) mass is 371 g/mol. The van der Waals surface area contributed by atoms with Crippen molar-refractivity contribution in [3.63, 3.8) is 0 Å². The number of anilines is 1. The maximum atomic E-state index is 13.2. The number of aromatic nitrogens is 4. The molecule has 146 valence electrons. The topological polar surface area (TPSA) is 93.2 Å². The summed E-state index contributed by atoms with van der Waals surface area (Å²) < 4.78 is 1.74. The number of rotatable bonds is 5. The average molecular weight is 371 g/mol. The van der Waals surface area contributed by atoms with Gasteiger partial charge in [0.2, 0.25) is 5.82 Å². The first-order chi connectivity index (χ1) is 12.8. The third-order valence-corrected chi connectivity index (χ3v) is 5.07. The van der Waals surface area contributed by atoms with Crippen LogP contribution in [-0.2, 0) is 13.6 Å². The highest BCUT2D eigenvalue weighted by molar-refractivity contribution is 5.91. The van der Waals surface area contributed by atoms with E-state index in [-0.39, 0.29) is 23.8 Å². The van der Waals surface area contributed by atoms with Crippen LogP contribution in [0.1, 0.15) is 47.7 Å². The van der Waals surface area contributed by atoms with E-state index in [1.54, 1.807) is 15.8 Å². The molecule has 0 radical (unpaired) electrons. The number of carbonyl (C=O) groups is 1. The Bertz CT molecular complexity index is 829. The van der Waals surface area contributed by atoms with Crippen LogP contribution in [0.3, 0.4) is 0 Å². The normalized spacial score (nSPS) is 17.0. The van der Waals surface area contributed by atoms with E-state index in [4.69, 9.17) is 5.73 Å². The Hall–Kier alpha value is -2.48. The van der Waals surface area contributed by atoms with Gasteiger partial charge in [-0.15, -0.1) is 0 Å². The van der Waals surface area contributed by atoms with Gasteiger partial charge in [-0.1, -0.05) is 0 Å². The number of nitrogens with zero attached hydrogens (tertiary/aromatic N) is 6. The van der Waals surface area contributed by atoms with Crippen molar-refractivity contribution in [2.45, 2.75) is 52.7 Å². The second-order valence-corrected chi connectivity index (χ2v) is 7.63. The number of hydrogen-bond donors (Lipinski definition) is 1. The van der Waals surface area contributed by atoms with Crippen molar-refractivity contribution in [2.24, 2.45) is 12.8 Å². The van der Waals surface area contributed by atoms with Crippen LogP contribution in [0.5, 0.6) is 0 Å². The molecule has 1 aliphatic heterocycles. The molecule has 3 heterocycles. The van der Waals surface area contributed by atoms with E-state index in [9.17, 15) is 4.79 Å². The Morgan fingerprint density at radius 2 is 2.11 bits per heavy atom.